The van der Waals surface area contributed by atoms with Crippen LogP contribution in [-0.4, -0.2) is 31.3 Å². The first kappa shape index (κ1) is 16.5. The van der Waals surface area contributed by atoms with Crippen LogP contribution in [0.4, 0.5) is 4.39 Å². The third kappa shape index (κ3) is 3.04. The Morgan fingerprint density at radius 2 is 1.96 bits per heavy atom. The van der Waals surface area contributed by atoms with E-state index in [1.54, 1.807) is 4.57 Å². The van der Waals surface area contributed by atoms with Gasteiger partial charge in [-0.3, -0.25) is 4.57 Å². The smallest absolute Gasteiger partial charge is 0.349 e. The Labute approximate surface area is 155 Å². The van der Waals surface area contributed by atoms with Gasteiger partial charge in [-0.25, -0.2) is 9.18 Å². The molecule has 4 rings (SSSR count). The number of nitrogens with zero attached hydrogens (tertiary/aromatic N) is 3. The normalized spacial score (nSPS) is 15.4. The number of benzene rings is 2. The van der Waals surface area contributed by atoms with E-state index in [4.69, 9.17) is 5.11 Å². The first-order valence-corrected chi connectivity index (χ1v) is 9.40. The molecule has 3 aromatic rings. The van der Waals surface area contributed by atoms with Gasteiger partial charge in [-0.05, 0) is 63.5 Å². The van der Waals surface area contributed by atoms with Gasteiger partial charge < -0.3 is 5.11 Å². The standard InChI is InChI=1S/C17H13BrFN3O2S/c18-16-20-21-17(25-14(19)15(23)24)22(16)13-8-7-10(9-5-6-9)11-3-1-2-4-12(11)13/h1-4,7-9,14H,5-6H2,(H,23,24). The van der Waals surface area contributed by atoms with Crippen molar-refractivity contribution in [3.8, 4) is 5.69 Å². The molecule has 0 radical (unpaired) electrons. The summed E-state index contributed by atoms with van der Waals surface area (Å²) in [7, 11) is 0. The fourth-order valence-corrected chi connectivity index (χ4v) is 4.15. The number of carboxylic acid groups (broad SMARTS) is 1. The van der Waals surface area contributed by atoms with Crippen LogP contribution in [0.25, 0.3) is 16.5 Å². The molecule has 1 saturated carbocycles. The molecule has 1 aliphatic carbocycles. The monoisotopic (exact) mass is 421 g/mol. The fraction of sp³-hybridized carbons (Fsp3) is 0.235. The summed E-state index contributed by atoms with van der Waals surface area (Å²) in [6.07, 6.45) is 2.39. The molecule has 1 aromatic heterocycles. The topological polar surface area (TPSA) is 68.0 Å². The van der Waals surface area contributed by atoms with E-state index in [-0.39, 0.29) is 5.16 Å². The van der Waals surface area contributed by atoms with Crippen molar-refractivity contribution in [2.24, 2.45) is 0 Å². The van der Waals surface area contributed by atoms with E-state index in [1.165, 1.54) is 18.4 Å². The van der Waals surface area contributed by atoms with E-state index in [9.17, 15) is 9.18 Å². The number of hydrogen-bond acceptors (Lipinski definition) is 4. The van der Waals surface area contributed by atoms with Crippen LogP contribution in [0.3, 0.4) is 0 Å². The molecule has 0 aliphatic heterocycles. The molecule has 128 valence electrons. The van der Waals surface area contributed by atoms with Crippen LogP contribution < -0.4 is 0 Å². The summed E-state index contributed by atoms with van der Waals surface area (Å²) in [4.78, 5) is 10.8. The highest BCUT2D eigenvalue weighted by molar-refractivity contribution is 9.10. The summed E-state index contributed by atoms with van der Waals surface area (Å²) in [5, 5.41) is 19.0. The minimum atomic E-state index is -2.10. The van der Waals surface area contributed by atoms with Gasteiger partial charge in [-0.15, -0.1) is 10.2 Å². The first-order chi connectivity index (χ1) is 12.1. The van der Waals surface area contributed by atoms with Crippen LogP contribution in [0, 0.1) is 0 Å². The van der Waals surface area contributed by atoms with Crippen LogP contribution in [0.2, 0.25) is 0 Å². The van der Waals surface area contributed by atoms with E-state index in [0.717, 1.165) is 16.5 Å². The van der Waals surface area contributed by atoms with Crippen molar-refractivity contribution in [2.45, 2.75) is 29.4 Å². The Hall–Kier alpha value is -1.93. The zero-order valence-electron chi connectivity index (χ0n) is 12.9. The average Bonchev–Trinajstić information content (AvgIpc) is 3.38. The molecule has 0 saturated heterocycles. The number of thioether (sulfide) groups is 1. The lowest BCUT2D eigenvalue weighted by Gasteiger charge is -2.14. The molecule has 1 heterocycles. The lowest BCUT2D eigenvalue weighted by atomic mass is 9.99. The predicted molar refractivity (Wildman–Crippen MR) is 96.9 cm³/mol. The largest absolute Gasteiger partial charge is 0.478 e. The highest BCUT2D eigenvalue weighted by atomic mass is 79.9. The van der Waals surface area contributed by atoms with Gasteiger partial charge in [0.2, 0.25) is 10.2 Å². The SMILES string of the molecule is O=C(O)C(F)Sc1nnc(Br)n1-c1ccc(C2CC2)c2ccccc12. The van der Waals surface area contributed by atoms with Crippen LogP contribution in [-0.2, 0) is 4.79 Å². The number of aromatic nitrogens is 3. The molecule has 0 bridgehead atoms. The predicted octanol–water partition coefficient (Wildman–Crippen LogP) is 4.53. The van der Waals surface area contributed by atoms with Crippen molar-refractivity contribution in [1.82, 2.24) is 14.8 Å². The van der Waals surface area contributed by atoms with Gasteiger partial charge in [0, 0.05) is 5.39 Å². The third-order valence-electron chi connectivity index (χ3n) is 4.19. The Morgan fingerprint density at radius 1 is 1.24 bits per heavy atom. The fourth-order valence-electron chi connectivity index (χ4n) is 2.93. The van der Waals surface area contributed by atoms with Gasteiger partial charge in [0.25, 0.3) is 0 Å². The first-order valence-electron chi connectivity index (χ1n) is 7.72. The lowest BCUT2D eigenvalue weighted by Crippen LogP contribution is -2.11. The zero-order valence-corrected chi connectivity index (χ0v) is 15.3. The Morgan fingerprint density at radius 3 is 2.64 bits per heavy atom. The van der Waals surface area contributed by atoms with E-state index >= 15 is 0 Å². The van der Waals surface area contributed by atoms with Crippen molar-refractivity contribution in [2.75, 3.05) is 0 Å². The quantitative estimate of drug-likeness (QED) is 0.612. The minimum Gasteiger partial charge on any atom is -0.478 e. The van der Waals surface area contributed by atoms with Crippen LogP contribution in [0.1, 0.15) is 24.3 Å². The number of aliphatic carboxylic acids is 1. The molecule has 1 fully saturated rings. The molecule has 1 unspecified atom stereocenters. The summed E-state index contributed by atoms with van der Waals surface area (Å²) >= 11 is 3.85. The second-order valence-electron chi connectivity index (χ2n) is 5.85. The van der Waals surface area contributed by atoms with Gasteiger partial charge in [-0.2, -0.15) is 0 Å². The van der Waals surface area contributed by atoms with Gasteiger partial charge >= 0.3 is 5.97 Å². The zero-order chi connectivity index (χ0) is 17.6. The van der Waals surface area contributed by atoms with Crippen LogP contribution in [0.5, 0.6) is 0 Å². The lowest BCUT2D eigenvalue weighted by molar-refractivity contribution is -0.139. The van der Waals surface area contributed by atoms with E-state index in [2.05, 4.69) is 38.3 Å². The maximum Gasteiger partial charge on any atom is 0.349 e. The van der Waals surface area contributed by atoms with E-state index < -0.39 is 11.5 Å². The molecule has 25 heavy (non-hydrogen) atoms. The van der Waals surface area contributed by atoms with Crippen LogP contribution in [0.15, 0.2) is 46.3 Å². The molecule has 5 nitrogen and oxygen atoms in total. The summed E-state index contributed by atoms with van der Waals surface area (Å²) in [6.45, 7) is 0. The molecule has 0 amide bonds. The molecule has 8 heteroatoms. The second kappa shape index (κ2) is 6.42. The highest BCUT2D eigenvalue weighted by Gasteiger charge is 2.27. The van der Waals surface area contributed by atoms with Gasteiger partial charge in [-0.1, -0.05) is 30.3 Å². The number of fused-ring (bicyclic) bond motifs is 1. The molecule has 1 aliphatic rings. The van der Waals surface area contributed by atoms with Gasteiger partial charge in [0.1, 0.15) is 0 Å². The summed E-state index contributed by atoms with van der Waals surface area (Å²) in [6, 6.07) is 12.1. The number of hydrogen-bond donors (Lipinski definition) is 1. The van der Waals surface area contributed by atoms with Crippen molar-refractivity contribution in [3.05, 3.63) is 46.7 Å². The molecular formula is C17H13BrFN3O2S. The Balaban J connectivity index is 1.87. The maximum absolute atomic E-state index is 13.7. The molecule has 1 atom stereocenters. The van der Waals surface area contributed by atoms with E-state index in [0.29, 0.717) is 22.4 Å². The van der Waals surface area contributed by atoms with Crippen LogP contribution >= 0.6 is 27.7 Å². The van der Waals surface area contributed by atoms with E-state index in [1.807, 2.05) is 24.3 Å². The Bertz CT molecular complexity index is 974. The highest BCUT2D eigenvalue weighted by Crippen LogP contribution is 2.44. The van der Waals surface area contributed by atoms with Crippen molar-refractivity contribution in [1.29, 1.82) is 0 Å². The number of carboxylic acids is 1. The summed E-state index contributed by atoms with van der Waals surface area (Å²) in [5.74, 6) is -0.941. The molecular weight excluding hydrogens is 409 g/mol. The van der Waals surface area contributed by atoms with Gasteiger partial charge in [0.05, 0.1) is 5.69 Å². The number of rotatable bonds is 5. The Kier molecular flexibility index (Phi) is 4.24. The summed E-state index contributed by atoms with van der Waals surface area (Å²) in [5.41, 5.74) is -0.00420. The molecule has 2 aromatic carbocycles. The third-order valence-corrected chi connectivity index (χ3v) is 5.59. The maximum atomic E-state index is 13.7. The molecule has 0 spiro atoms. The number of halogens is 2. The number of carbonyl (C=O) groups is 1. The molecule has 1 N–H and O–H groups in total. The van der Waals surface area contributed by atoms with Crippen molar-refractivity contribution < 1.29 is 14.3 Å². The number of alkyl halides is 1. The average molecular weight is 422 g/mol. The van der Waals surface area contributed by atoms with Crippen molar-refractivity contribution >= 4 is 44.4 Å². The second-order valence-corrected chi connectivity index (χ2v) is 7.58. The summed E-state index contributed by atoms with van der Waals surface area (Å²) < 4.78 is 15.7. The van der Waals surface area contributed by atoms with Gasteiger partial charge in [0.15, 0.2) is 5.16 Å². The minimum absolute atomic E-state index is 0.186. The van der Waals surface area contributed by atoms with Crippen molar-refractivity contribution in [3.63, 3.8) is 0 Å².